The first kappa shape index (κ1) is 11.0. The van der Waals surface area contributed by atoms with Crippen LogP contribution >= 0.6 is 26.6 Å². The van der Waals surface area contributed by atoms with Crippen molar-refractivity contribution in [2.24, 2.45) is 0 Å². The second-order valence-corrected chi connectivity index (χ2v) is 6.06. The van der Waals surface area contributed by atoms with E-state index in [9.17, 15) is 8.42 Å². The molecule has 0 fully saturated rings. The van der Waals surface area contributed by atoms with Crippen molar-refractivity contribution in [3.05, 3.63) is 10.8 Å². The lowest BCUT2D eigenvalue weighted by Crippen LogP contribution is -2.03. The molecule has 0 saturated carbocycles. The summed E-state index contributed by atoms with van der Waals surface area (Å²) in [5.41, 5.74) is 0. The first-order valence-corrected chi connectivity index (χ1v) is 6.62. The van der Waals surface area contributed by atoms with E-state index in [0.29, 0.717) is 4.60 Å². The SMILES string of the molecule is CC(C)n1ncc(S(=O)(=O)Cl)c1Br. The topological polar surface area (TPSA) is 52.0 Å². The number of hydrogen-bond acceptors (Lipinski definition) is 3. The van der Waals surface area contributed by atoms with Gasteiger partial charge in [0, 0.05) is 16.7 Å². The van der Waals surface area contributed by atoms with E-state index in [2.05, 4.69) is 21.0 Å². The molecular weight excluding hydrogens is 280 g/mol. The van der Waals surface area contributed by atoms with Crippen LogP contribution in [0.25, 0.3) is 0 Å². The molecule has 0 atom stereocenters. The minimum absolute atomic E-state index is 0.00265. The highest BCUT2D eigenvalue weighted by atomic mass is 79.9. The molecule has 0 aliphatic heterocycles. The Kier molecular flexibility index (Phi) is 3.04. The normalized spacial score (nSPS) is 12.4. The Morgan fingerprint density at radius 2 is 2.15 bits per heavy atom. The van der Waals surface area contributed by atoms with Gasteiger partial charge >= 0.3 is 0 Å². The maximum absolute atomic E-state index is 11.0. The fourth-order valence-electron chi connectivity index (χ4n) is 0.855. The van der Waals surface area contributed by atoms with E-state index >= 15 is 0 Å². The Morgan fingerprint density at radius 3 is 2.38 bits per heavy atom. The van der Waals surface area contributed by atoms with E-state index in [4.69, 9.17) is 10.7 Å². The minimum atomic E-state index is -3.70. The maximum atomic E-state index is 11.0. The van der Waals surface area contributed by atoms with Crippen molar-refractivity contribution in [2.75, 3.05) is 0 Å². The van der Waals surface area contributed by atoms with Gasteiger partial charge in [-0.05, 0) is 29.8 Å². The molecule has 1 aromatic heterocycles. The molecule has 0 unspecified atom stereocenters. The highest BCUT2D eigenvalue weighted by molar-refractivity contribution is 9.10. The molecule has 74 valence electrons. The third kappa shape index (κ3) is 2.24. The molecule has 7 heteroatoms. The van der Waals surface area contributed by atoms with Gasteiger partial charge in [-0.15, -0.1) is 0 Å². The summed E-state index contributed by atoms with van der Waals surface area (Å²) in [5, 5.41) is 3.89. The highest BCUT2D eigenvalue weighted by Gasteiger charge is 2.20. The second-order valence-electron chi connectivity index (χ2n) is 2.78. The predicted molar refractivity (Wildman–Crippen MR) is 53.4 cm³/mol. The summed E-state index contributed by atoms with van der Waals surface area (Å²) in [7, 11) is 1.47. The van der Waals surface area contributed by atoms with E-state index in [0.717, 1.165) is 0 Å². The molecule has 0 N–H and O–H groups in total. The average molecular weight is 288 g/mol. The van der Waals surface area contributed by atoms with Gasteiger partial charge < -0.3 is 0 Å². The number of hydrogen-bond donors (Lipinski definition) is 0. The number of rotatable bonds is 2. The summed E-state index contributed by atoms with van der Waals surface area (Å²) in [5.74, 6) is 0. The monoisotopic (exact) mass is 286 g/mol. The predicted octanol–water partition coefficient (Wildman–Crippen LogP) is 2.15. The van der Waals surface area contributed by atoms with Crippen molar-refractivity contribution in [2.45, 2.75) is 24.8 Å². The van der Waals surface area contributed by atoms with E-state index < -0.39 is 9.05 Å². The average Bonchev–Trinajstić information content (AvgIpc) is 2.28. The molecule has 0 amide bonds. The van der Waals surface area contributed by atoms with Crippen LogP contribution in [0.1, 0.15) is 19.9 Å². The molecule has 1 rings (SSSR count). The van der Waals surface area contributed by atoms with Gasteiger partial charge in [-0.2, -0.15) is 5.10 Å². The summed E-state index contributed by atoms with van der Waals surface area (Å²) in [6.45, 7) is 3.78. The number of halogens is 2. The lowest BCUT2D eigenvalue weighted by atomic mass is 10.4. The van der Waals surface area contributed by atoms with Gasteiger partial charge in [-0.3, -0.25) is 4.68 Å². The van der Waals surface area contributed by atoms with Gasteiger partial charge in [0.25, 0.3) is 9.05 Å². The van der Waals surface area contributed by atoms with Crippen LogP contribution in [0.4, 0.5) is 0 Å². The fraction of sp³-hybridized carbons (Fsp3) is 0.500. The van der Waals surface area contributed by atoms with Gasteiger partial charge in [0.1, 0.15) is 9.50 Å². The van der Waals surface area contributed by atoms with Gasteiger partial charge in [0.15, 0.2) is 0 Å². The summed E-state index contributed by atoms with van der Waals surface area (Å²) >= 11 is 3.12. The molecule has 0 saturated heterocycles. The van der Waals surface area contributed by atoms with Crippen LogP contribution in [0.15, 0.2) is 15.7 Å². The van der Waals surface area contributed by atoms with Gasteiger partial charge in [-0.1, -0.05) is 0 Å². The van der Waals surface area contributed by atoms with Crippen LogP contribution in [0.5, 0.6) is 0 Å². The largest absolute Gasteiger partial charge is 0.265 e. The van der Waals surface area contributed by atoms with E-state index in [1.54, 1.807) is 0 Å². The van der Waals surface area contributed by atoms with Crippen LogP contribution < -0.4 is 0 Å². The van der Waals surface area contributed by atoms with E-state index in [1.165, 1.54) is 10.9 Å². The number of aromatic nitrogens is 2. The fourth-order valence-corrected chi connectivity index (χ4v) is 3.18. The quantitative estimate of drug-likeness (QED) is 0.783. The molecule has 0 spiro atoms. The minimum Gasteiger partial charge on any atom is -0.255 e. The van der Waals surface area contributed by atoms with Crippen molar-refractivity contribution in [3.63, 3.8) is 0 Å². The van der Waals surface area contributed by atoms with Crippen LogP contribution in [0.2, 0.25) is 0 Å². The Labute approximate surface area is 89.4 Å². The Bertz CT molecular complexity index is 412. The Balaban J connectivity index is 3.30. The first-order valence-electron chi connectivity index (χ1n) is 3.51. The molecule has 0 aliphatic rings. The molecule has 0 aromatic carbocycles. The number of nitrogens with zero attached hydrogens (tertiary/aromatic N) is 2. The molecule has 0 radical (unpaired) electrons. The van der Waals surface area contributed by atoms with Crippen LogP contribution in [0.3, 0.4) is 0 Å². The molecule has 0 bridgehead atoms. The molecule has 4 nitrogen and oxygen atoms in total. The first-order chi connectivity index (χ1) is 5.84. The van der Waals surface area contributed by atoms with Gasteiger partial charge in [0.2, 0.25) is 0 Å². The molecular formula is C6H8BrClN2O2S. The summed E-state index contributed by atoms with van der Waals surface area (Å²) in [6.07, 6.45) is 1.23. The van der Waals surface area contributed by atoms with Crippen LogP contribution in [-0.2, 0) is 9.05 Å². The third-order valence-electron chi connectivity index (χ3n) is 1.46. The van der Waals surface area contributed by atoms with Gasteiger partial charge in [-0.25, -0.2) is 8.42 Å². The molecule has 1 aromatic rings. The highest BCUT2D eigenvalue weighted by Crippen LogP contribution is 2.26. The zero-order chi connectivity index (χ0) is 10.2. The zero-order valence-electron chi connectivity index (χ0n) is 7.03. The molecule has 13 heavy (non-hydrogen) atoms. The lowest BCUT2D eigenvalue weighted by Gasteiger charge is -2.06. The molecule has 0 aliphatic carbocycles. The van der Waals surface area contributed by atoms with Crippen LogP contribution in [0, 0.1) is 0 Å². The summed E-state index contributed by atoms with van der Waals surface area (Å²) < 4.78 is 23.9. The Morgan fingerprint density at radius 1 is 1.62 bits per heavy atom. The molecule has 1 heterocycles. The van der Waals surface area contributed by atoms with Crippen molar-refractivity contribution >= 4 is 35.7 Å². The van der Waals surface area contributed by atoms with Crippen molar-refractivity contribution < 1.29 is 8.42 Å². The lowest BCUT2D eigenvalue weighted by molar-refractivity contribution is 0.520. The Hall–Kier alpha value is -0.0700. The van der Waals surface area contributed by atoms with Crippen LogP contribution in [-0.4, -0.2) is 18.2 Å². The summed E-state index contributed by atoms with van der Waals surface area (Å²) in [6, 6.07) is 0.0848. The van der Waals surface area contributed by atoms with Crippen molar-refractivity contribution in [1.82, 2.24) is 9.78 Å². The standard InChI is InChI=1S/C6H8BrClN2O2S/c1-4(2)10-6(7)5(3-9-10)13(8,11)12/h3-4H,1-2H3. The van der Waals surface area contributed by atoms with E-state index in [-0.39, 0.29) is 10.9 Å². The second kappa shape index (κ2) is 3.59. The zero-order valence-corrected chi connectivity index (χ0v) is 10.2. The van der Waals surface area contributed by atoms with Gasteiger partial charge in [0.05, 0.1) is 6.20 Å². The third-order valence-corrected chi connectivity index (χ3v) is 3.83. The van der Waals surface area contributed by atoms with Crippen molar-refractivity contribution in [3.8, 4) is 0 Å². The smallest absolute Gasteiger partial charge is 0.255 e. The summed E-state index contributed by atoms with van der Waals surface area (Å²) in [4.78, 5) is 0.00265. The van der Waals surface area contributed by atoms with Crippen molar-refractivity contribution in [1.29, 1.82) is 0 Å². The maximum Gasteiger partial charge on any atom is 0.265 e. The van der Waals surface area contributed by atoms with E-state index in [1.807, 2.05) is 13.8 Å².